The summed E-state index contributed by atoms with van der Waals surface area (Å²) in [4.78, 5) is 27.4. The summed E-state index contributed by atoms with van der Waals surface area (Å²) < 4.78 is 6.43. The average Bonchev–Trinajstić information content (AvgIpc) is 3.12. The minimum atomic E-state index is 0.0181. The maximum Gasteiger partial charge on any atom is 0.254 e. The molecule has 0 spiro atoms. The van der Waals surface area contributed by atoms with Crippen LogP contribution in [0.5, 0.6) is 5.75 Å². The van der Waals surface area contributed by atoms with E-state index in [1.165, 1.54) is 5.56 Å². The summed E-state index contributed by atoms with van der Waals surface area (Å²) in [6, 6.07) is 8.06. The van der Waals surface area contributed by atoms with Crippen molar-refractivity contribution in [1.29, 1.82) is 0 Å². The van der Waals surface area contributed by atoms with Gasteiger partial charge in [-0.3, -0.25) is 9.59 Å². The van der Waals surface area contributed by atoms with Crippen molar-refractivity contribution in [2.45, 2.75) is 74.7 Å². The summed E-state index contributed by atoms with van der Waals surface area (Å²) in [5.41, 5.74) is 7.13. The maximum atomic E-state index is 12.9. The van der Waals surface area contributed by atoms with Crippen LogP contribution in [0.2, 0.25) is 0 Å². The van der Waals surface area contributed by atoms with E-state index in [0.717, 1.165) is 58.4 Å². The number of benzene rings is 2. The fraction of sp³-hybridized carbons (Fsp3) is 0.562. The number of ketones is 1. The predicted octanol–water partition coefficient (Wildman–Crippen LogP) is 7.13. The molecule has 4 heteroatoms. The topological polar surface area (TPSA) is 46.6 Å². The van der Waals surface area contributed by atoms with E-state index in [4.69, 9.17) is 4.74 Å². The molecule has 1 aliphatic rings. The van der Waals surface area contributed by atoms with Crippen molar-refractivity contribution in [2.75, 3.05) is 20.7 Å². The molecular weight excluding hydrogens is 446 g/mol. The van der Waals surface area contributed by atoms with Crippen molar-refractivity contribution < 1.29 is 14.3 Å². The number of hydrogen-bond acceptors (Lipinski definition) is 3. The van der Waals surface area contributed by atoms with Crippen LogP contribution in [0.15, 0.2) is 24.3 Å². The molecule has 0 aliphatic heterocycles. The molecule has 3 unspecified atom stereocenters. The van der Waals surface area contributed by atoms with Gasteiger partial charge in [0.2, 0.25) is 0 Å². The molecule has 2 aromatic carbocycles. The van der Waals surface area contributed by atoms with Crippen molar-refractivity contribution in [3.8, 4) is 5.75 Å². The zero-order valence-corrected chi connectivity index (χ0v) is 24.0. The van der Waals surface area contributed by atoms with Crippen LogP contribution in [0.25, 0.3) is 0 Å². The van der Waals surface area contributed by atoms with Gasteiger partial charge in [0.05, 0.1) is 6.61 Å². The second-order valence-electron chi connectivity index (χ2n) is 12.1. The highest BCUT2D eigenvalue weighted by atomic mass is 16.5. The molecule has 0 heterocycles. The van der Waals surface area contributed by atoms with Gasteiger partial charge in [0, 0.05) is 36.7 Å². The monoisotopic (exact) mass is 491 g/mol. The number of rotatable bonds is 9. The fourth-order valence-electron chi connectivity index (χ4n) is 5.91. The lowest BCUT2D eigenvalue weighted by Gasteiger charge is -2.35. The Balaban J connectivity index is 1.67. The Morgan fingerprint density at radius 1 is 1.03 bits per heavy atom. The summed E-state index contributed by atoms with van der Waals surface area (Å²) in [6.45, 7) is 18.0. The standard InChI is InChI=1S/C32H45NO3/c1-19(18-36-30-23(5)21(3)22(4)28(24(30)6)31(35)33(9)10)17-32(7,8)20(2)15-26-16-25-13-11-12-14-27(25)29(26)34/h11-14,19-20,26H,15-18H2,1-10H3. The first-order valence-electron chi connectivity index (χ1n) is 13.3. The van der Waals surface area contributed by atoms with Gasteiger partial charge in [0.25, 0.3) is 5.91 Å². The Hall–Kier alpha value is -2.62. The van der Waals surface area contributed by atoms with Gasteiger partial charge >= 0.3 is 0 Å². The van der Waals surface area contributed by atoms with E-state index in [1.807, 2.05) is 32.0 Å². The normalized spacial score (nSPS) is 17.1. The van der Waals surface area contributed by atoms with Crippen LogP contribution in [0.4, 0.5) is 0 Å². The number of carbonyl (C=O) groups excluding carboxylic acids is 2. The Bertz CT molecular complexity index is 1140. The zero-order valence-electron chi connectivity index (χ0n) is 24.0. The van der Waals surface area contributed by atoms with E-state index in [9.17, 15) is 9.59 Å². The van der Waals surface area contributed by atoms with E-state index in [-0.39, 0.29) is 17.2 Å². The summed E-state index contributed by atoms with van der Waals surface area (Å²) >= 11 is 0. The molecule has 3 rings (SSSR count). The molecule has 0 bridgehead atoms. The van der Waals surface area contributed by atoms with Crippen LogP contribution in [0.1, 0.15) is 89.1 Å². The third-order valence-electron chi connectivity index (χ3n) is 8.66. The number of Topliss-reactive ketones (excluding diaryl/α,β-unsaturated/α-hetero) is 1. The van der Waals surface area contributed by atoms with Gasteiger partial charge in [-0.25, -0.2) is 0 Å². The third kappa shape index (κ3) is 5.53. The Morgan fingerprint density at radius 3 is 2.28 bits per heavy atom. The second-order valence-corrected chi connectivity index (χ2v) is 12.1. The highest BCUT2D eigenvalue weighted by Gasteiger charge is 2.36. The van der Waals surface area contributed by atoms with Crippen LogP contribution in [-0.4, -0.2) is 37.3 Å². The van der Waals surface area contributed by atoms with Gasteiger partial charge in [0.15, 0.2) is 5.78 Å². The molecule has 3 atom stereocenters. The first kappa shape index (κ1) is 28.0. The highest BCUT2D eigenvalue weighted by molar-refractivity contribution is 6.02. The molecule has 0 N–H and O–H groups in total. The first-order chi connectivity index (χ1) is 16.8. The number of amides is 1. The molecular formula is C32H45NO3. The van der Waals surface area contributed by atoms with Gasteiger partial charge in [-0.1, -0.05) is 52.0 Å². The lowest BCUT2D eigenvalue weighted by atomic mass is 9.70. The number of nitrogens with zero attached hydrogens (tertiary/aromatic N) is 1. The lowest BCUT2D eigenvalue weighted by molar-refractivity contribution is 0.0825. The van der Waals surface area contributed by atoms with E-state index >= 15 is 0 Å². The van der Waals surface area contributed by atoms with E-state index in [2.05, 4.69) is 47.6 Å². The molecule has 1 amide bonds. The molecule has 1 aliphatic carbocycles. The smallest absolute Gasteiger partial charge is 0.254 e. The average molecular weight is 492 g/mol. The fourth-order valence-corrected chi connectivity index (χ4v) is 5.91. The van der Waals surface area contributed by atoms with Gasteiger partial charge < -0.3 is 9.64 Å². The SMILES string of the molecule is Cc1c(C)c(OCC(C)CC(C)(C)C(C)CC2Cc3ccccc3C2=O)c(C)c(C(=O)N(C)C)c1C. The molecule has 0 fully saturated rings. The van der Waals surface area contributed by atoms with Gasteiger partial charge in [0.1, 0.15) is 5.75 Å². The van der Waals surface area contributed by atoms with Crippen LogP contribution in [-0.2, 0) is 6.42 Å². The largest absolute Gasteiger partial charge is 0.493 e. The van der Waals surface area contributed by atoms with Crippen LogP contribution in [0, 0.1) is 50.9 Å². The van der Waals surface area contributed by atoms with E-state index in [1.54, 1.807) is 19.0 Å². The van der Waals surface area contributed by atoms with Crippen LogP contribution < -0.4 is 4.74 Å². The maximum absolute atomic E-state index is 12.9. The summed E-state index contributed by atoms with van der Waals surface area (Å²) in [6.07, 6.45) is 2.79. The number of ether oxygens (including phenoxy) is 1. The number of fused-ring (bicyclic) bond motifs is 1. The van der Waals surface area contributed by atoms with Crippen molar-refractivity contribution >= 4 is 11.7 Å². The first-order valence-corrected chi connectivity index (χ1v) is 13.3. The Morgan fingerprint density at radius 2 is 1.67 bits per heavy atom. The van der Waals surface area contributed by atoms with Crippen molar-refractivity contribution in [2.24, 2.45) is 23.2 Å². The van der Waals surface area contributed by atoms with Gasteiger partial charge in [-0.2, -0.15) is 0 Å². The zero-order chi connectivity index (χ0) is 26.9. The predicted molar refractivity (Wildman–Crippen MR) is 148 cm³/mol. The third-order valence-corrected chi connectivity index (χ3v) is 8.66. The molecule has 4 nitrogen and oxygen atoms in total. The Labute approximate surface area is 218 Å². The molecule has 0 aromatic heterocycles. The quantitative estimate of drug-likeness (QED) is 0.375. The van der Waals surface area contributed by atoms with Crippen LogP contribution in [0.3, 0.4) is 0 Å². The summed E-state index contributed by atoms with van der Waals surface area (Å²) in [5.74, 6) is 2.02. The highest BCUT2D eigenvalue weighted by Crippen LogP contribution is 2.41. The van der Waals surface area contributed by atoms with Gasteiger partial charge in [-0.15, -0.1) is 0 Å². The molecule has 196 valence electrons. The van der Waals surface area contributed by atoms with Crippen LogP contribution >= 0.6 is 0 Å². The molecule has 0 saturated carbocycles. The second kappa shape index (κ2) is 10.8. The molecule has 2 aromatic rings. The molecule has 0 saturated heterocycles. The van der Waals surface area contributed by atoms with Crippen molar-refractivity contribution in [3.63, 3.8) is 0 Å². The van der Waals surface area contributed by atoms with Crippen molar-refractivity contribution in [1.82, 2.24) is 4.90 Å². The minimum absolute atomic E-state index is 0.0181. The molecule has 36 heavy (non-hydrogen) atoms. The number of hydrogen-bond donors (Lipinski definition) is 0. The van der Waals surface area contributed by atoms with E-state index < -0.39 is 0 Å². The summed E-state index contributed by atoms with van der Waals surface area (Å²) in [7, 11) is 3.58. The molecule has 0 radical (unpaired) electrons. The lowest BCUT2D eigenvalue weighted by Crippen LogP contribution is -2.29. The number of carbonyl (C=O) groups is 2. The minimum Gasteiger partial charge on any atom is -0.493 e. The Kier molecular flexibility index (Phi) is 8.37. The van der Waals surface area contributed by atoms with Crippen molar-refractivity contribution in [3.05, 3.63) is 63.2 Å². The summed E-state index contributed by atoms with van der Waals surface area (Å²) in [5, 5.41) is 0. The van der Waals surface area contributed by atoms with Gasteiger partial charge in [-0.05, 0) is 86.5 Å². The van der Waals surface area contributed by atoms with E-state index in [0.29, 0.717) is 24.2 Å².